The molecule has 3 rings (SSSR count). The number of nitrogens with zero attached hydrogens (tertiary/aromatic N) is 2. The van der Waals surface area contributed by atoms with Gasteiger partial charge in [0.1, 0.15) is 11.0 Å². The molecule has 1 atom stereocenters. The van der Waals surface area contributed by atoms with E-state index in [1.165, 1.54) is 35.0 Å². The van der Waals surface area contributed by atoms with Crippen molar-refractivity contribution in [2.45, 2.75) is 37.2 Å². The van der Waals surface area contributed by atoms with Crippen molar-refractivity contribution in [3.8, 4) is 6.07 Å². The van der Waals surface area contributed by atoms with E-state index in [-0.39, 0.29) is 15.5 Å². The minimum atomic E-state index is -3.85. The van der Waals surface area contributed by atoms with Gasteiger partial charge in [-0.3, -0.25) is 0 Å². The maximum atomic E-state index is 13.2. The summed E-state index contributed by atoms with van der Waals surface area (Å²) < 4.78 is 32.7. The van der Waals surface area contributed by atoms with Crippen molar-refractivity contribution in [3.63, 3.8) is 0 Å². The van der Waals surface area contributed by atoms with E-state index in [1.54, 1.807) is 6.07 Å². The molecule has 158 valence electrons. The van der Waals surface area contributed by atoms with Crippen LogP contribution in [0.1, 0.15) is 35.7 Å². The van der Waals surface area contributed by atoms with Gasteiger partial charge in [-0.2, -0.15) is 9.57 Å². The Morgan fingerprint density at radius 3 is 2.53 bits per heavy atom. The van der Waals surface area contributed by atoms with Crippen LogP contribution in [0.3, 0.4) is 0 Å². The third-order valence-corrected chi connectivity index (χ3v) is 7.57. The fourth-order valence-corrected chi connectivity index (χ4v) is 5.49. The predicted molar refractivity (Wildman–Crippen MR) is 114 cm³/mol. The van der Waals surface area contributed by atoms with Crippen LogP contribution in [0.15, 0.2) is 53.4 Å². The predicted octanol–water partition coefficient (Wildman–Crippen LogP) is 4.05. The van der Waals surface area contributed by atoms with E-state index in [4.69, 9.17) is 21.6 Å². The number of esters is 1. The van der Waals surface area contributed by atoms with Crippen LogP contribution in [0.4, 0.5) is 0 Å². The highest BCUT2D eigenvalue weighted by atomic mass is 35.5. The molecular weight excluding hydrogens is 424 g/mol. The normalized spacial score (nSPS) is 16.6. The summed E-state index contributed by atoms with van der Waals surface area (Å²) in [4.78, 5) is 12.1. The average Bonchev–Trinajstić information content (AvgIpc) is 2.75. The highest BCUT2D eigenvalue weighted by Crippen LogP contribution is 2.30. The Morgan fingerprint density at radius 2 is 1.90 bits per heavy atom. The van der Waals surface area contributed by atoms with Crippen molar-refractivity contribution in [2.24, 2.45) is 5.92 Å². The smallest absolute Gasteiger partial charge is 0.339 e. The van der Waals surface area contributed by atoms with Crippen molar-refractivity contribution in [1.82, 2.24) is 4.31 Å². The summed E-state index contributed by atoms with van der Waals surface area (Å²) in [6, 6.07) is 15.9. The molecule has 1 aliphatic rings. The molecule has 8 heteroatoms. The third-order valence-electron chi connectivity index (χ3n) is 5.19. The van der Waals surface area contributed by atoms with Crippen LogP contribution in [-0.4, -0.2) is 37.9 Å². The fourth-order valence-electron chi connectivity index (χ4n) is 3.52. The first-order valence-electron chi connectivity index (χ1n) is 9.75. The Balaban J connectivity index is 1.72. The molecule has 0 saturated carbocycles. The van der Waals surface area contributed by atoms with E-state index in [2.05, 4.69) is 12.1 Å². The molecule has 2 aromatic rings. The van der Waals surface area contributed by atoms with E-state index in [0.717, 1.165) is 19.3 Å². The van der Waals surface area contributed by atoms with E-state index in [0.29, 0.717) is 19.0 Å². The van der Waals surface area contributed by atoms with Gasteiger partial charge in [0.2, 0.25) is 10.0 Å². The summed E-state index contributed by atoms with van der Waals surface area (Å²) in [6.07, 6.45) is 1.51. The Morgan fingerprint density at radius 1 is 1.23 bits per heavy atom. The number of rotatable bonds is 6. The Labute approximate surface area is 182 Å². The molecule has 0 bridgehead atoms. The fraction of sp³-hybridized carbons (Fsp3) is 0.364. The molecule has 0 aromatic heterocycles. The van der Waals surface area contributed by atoms with Crippen molar-refractivity contribution in [3.05, 3.63) is 64.7 Å². The lowest BCUT2D eigenvalue weighted by molar-refractivity contribution is 0.0435. The van der Waals surface area contributed by atoms with Gasteiger partial charge in [-0.25, -0.2) is 13.2 Å². The first-order valence-corrected chi connectivity index (χ1v) is 11.6. The van der Waals surface area contributed by atoms with E-state index in [1.807, 2.05) is 18.2 Å². The lowest BCUT2D eigenvalue weighted by atomic mass is 9.91. The molecule has 2 aromatic carbocycles. The summed E-state index contributed by atoms with van der Waals surface area (Å²) in [7, 11) is -3.85. The van der Waals surface area contributed by atoms with Gasteiger partial charge in [-0.15, -0.1) is 0 Å². The van der Waals surface area contributed by atoms with E-state index >= 15 is 0 Å². The quantitative estimate of drug-likeness (QED) is 0.624. The van der Waals surface area contributed by atoms with Gasteiger partial charge in [-0.1, -0.05) is 41.9 Å². The van der Waals surface area contributed by atoms with Gasteiger partial charge in [0.15, 0.2) is 6.10 Å². The van der Waals surface area contributed by atoms with Crippen LogP contribution in [0.2, 0.25) is 5.02 Å². The number of carbonyl (C=O) groups is 1. The average molecular weight is 447 g/mol. The zero-order valence-electron chi connectivity index (χ0n) is 16.6. The molecule has 0 amide bonds. The number of benzene rings is 2. The molecule has 1 aliphatic heterocycles. The zero-order chi connectivity index (χ0) is 21.7. The summed E-state index contributed by atoms with van der Waals surface area (Å²) in [6.45, 7) is 2.23. The number of sulfonamides is 1. The van der Waals surface area contributed by atoms with Gasteiger partial charge in [0.05, 0.1) is 10.6 Å². The number of piperidine rings is 1. The number of nitriles is 1. The monoisotopic (exact) mass is 446 g/mol. The second kappa shape index (κ2) is 9.61. The lowest BCUT2D eigenvalue weighted by Gasteiger charge is -2.31. The summed E-state index contributed by atoms with van der Waals surface area (Å²) in [5, 5.41) is 8.84. The van der Waals surface area contributed by atoms with E-state index < -0.39 is 22.1 Å². The number of hydrogen-bond donors (Lipinski definition) is 0. The van der Waals surface area contributed by atoms with Gasteiger partial charge in [0, 0.05) is 13.1 Å². The maximum absolute atomic E-state index is 13.2. The third kappa shape index (κ3) is 5.20. The molecule has 1 saturated heterocycles. The minimum absolute atomic E-state index is 0.0408. The topological polar surface area (TPSA) is 87.5 Å². The highest BCUT2D eigenvalue weighted by molar-refractivity contribution is 7.89. The van der Waals surface area contributed by atoms with E-state index in [9.17, 15) is 13.2 Å². The Bertz CT molecular complexity index is 1040. The Kier molecular flexibility index (Phi) is 7.14. The van der Waals surface area contributed by atoms with Crippen molar-refractivity contribution >= 4 is 27.6 Å². The molecule has 6 nitrogen and oxygen atoms in total. The first kappa shape index (κ1) is 22.3. The number of ether oxygens (including phenoxy) is 1. The second-order valence-electron chi connectivity index (χ2n) is 7.36. The van der Waals surface area contributed by atoms with Crippen molar-refractivity contribution < 1.29 is 17.9 Å². The summed E-state index contributed by atoms with van der Waals surface area (Å²) >= 11 is 6.16. The molecule has 0 N–H and O–H groups in total. The van der Waals surface area contributed by atoms with Crippen LogP contribution < -0.4 is 0 Å². The first-order chi connectivity index (χ1) is 14.3. The van der Waals surface area contributed by atoms with Gasteiger partial charge in [-0.05, 0) is 55.9 Å². The van der Waals surface area contributed by atoms with Gasteiger partial charge in [0.25, 0.3) is 0 Å². The largest absolute Gasteiger partial charge is 0.444 e. The van der Waals surface area contributed by atoms with Gasteiger partial charge < -0.3 is 4.74 Å². The molecule has 30 heavy (non-hydrogen) atoms. The number of carbonyl (C=O) groups excluding carboxylic acids is 1. The molecular formula is C22H23ClN2O4S. The molecule has 0 radical (unpaired) electrons. The van der Waals surface area contributed by atoms with Crippen LogP contribution >= 0.6 is 11.6 Å². The van der Waals surface area contributed by atoms with Crippen LogP contribution in [0.25, 0.3) is 0 Å². The zero-order valence-corrected chi connectivity index (χ0v) is 18.2. The Hall–Kier alpha value is -2.40. The molecule has 0 unspecified atom stereocenters. The van der Waals surface area contributed by atoms with Crippen molar-refractivity contribution in [2.75, 3.05) is 13.1 Å². The van der Waals surface area contributed by atoms with Crippen LogP contribution in [-0.2, 0) is 21.2 Å². The van der Waals surface area contributed by atoms with Crippen LogP contribution in [0, 0.1) is 17.2 Å². The molecule has 0 aliphatic carbocycles. The van der Waals surface area contributed by atoms with Gasteiger partial charge >= 0.3 is 5.97 Å². The maximum Gasteiger partial charge on any atom is 0.339 e. The standard InChI is InChI=1S/C22H23ClN2O4S/c1-16(15-24)29-22(26)19-7-8-20(23)21(14-19)30(27,28)25-11-9-18(10-12-25)13-17-5-3-2-4-6-17/h2-8,14,16,18H,9-13H2,1H3/t16-/m1/s1. The number of halogens is 1. The lowest BCUT2D eigenvalue weighted by Crippen LogP contribution is -2.39. The molecule has 1 fully saturated rings. The molecule has 0 spiro atoms. The van der Waals surface area contributed by atoms with Crippen LogP contribution in [0.5, 0.6) is 0 Å². The summed E-state index contributed by atoms with van der Waals surface area (Å²) in [5.74, 6) is -0.346. The minimum Gasteiger partial charge on any atom is -0.444 e. The van der Waals surface area contributed by atoms with Crippen molar-refractivity contribution in [1.29, 1.82) is 5.26 Å². The summed E-state index contributed by atoms with van der Waals surface area (Å²) in [5.41, 5.74) is 1.29. The highest BCUT2D eigenvalue weighted by Gasteiger charge is 2.31. The molecule has 1 heterocycles. The SMILES string of the molecule is C[C@H](C#N)OC(=O)c1ccc(Cl)c(S(=O)(=O)N2CCC(Cc3ccccc3)CC2)c1. The number of hydrogen-bond acceptors (Lipinski definition) is 5. The second-order valence-corrected chi connectivity index (χ2v) is 9.67.